The lowest BCUT2D eigenvalue weighted by Gasteiger charge is -2.35. The second kappa shape index (κ2) is 7.49. The zero-order valence-corrected chi connectivity index (χ0v) is 15.7. The van der Waals surface area contributed by atoms with Gasteiger partial charge in [-0.3, -0.25) is 0 Å². The molecule has 0 aromatic heterocycles. The third-order valence-electron chi connectivity index (χ3n) is 7.09. The van der Waals surface area contributed by atoms with Crippen molar-refractivity contribution in [3.05, 3.63) is 35.9 Å². The van der Waals surface area contributed by atoms with Crippen LogP contribution in [0.3, 0.4) is 0 Å². The van der Waals surface area contributed by atoms with Gasteiger partial charge in [0.1, 0.15) is 6.61 Å². The molecule has 0 amide bonds. The predicted molar refractivity (Wildman–Crippen MR) is 102 cm³/mol. The highest BCUT2D eigenvalue weighted by atomic mass is 16.6. The maximum absolute atomic E-state index is 5.85. The number of rotatable bonds is 7. The van der Waals surface area contributed by atoms with Crippen LogP contribution in [0.5, 0.6) is 0 Å². The van der Waals surface area contributed by atoms with Crippen molar-refractivity contribution in [2.24, 2.45) is 34.7 Å². The summed E-state index contributed by atoms with van der Waals surface area (Å²) in [5, 5.41) is 4.75. The average Bonchev–Trinajstić information content (AvgIpc) is 3.33. The molecular weight excluding hydrogens is 308 g/mol. The fraction of sp³-hybridized carbons (Fsp3) is 0.682. The van der Waals surface area contributed by atoms with Crippen LogP contribution in [0, 0.1) is 29.6 Å². The molecule has 25 heavy (non-hydrogen) atoms. The molecule has 3 saturated carbocycles. The van der Waals surface area contributed by atoms with Gasteiger partial charge in [-0.25, -0.2) is 0 Å². The molecule has 3 heteroatoms. The molecule has 1 aromatic carbocycles. The van der Waals surface area contributed by atoms with E-state index in [4.69, 9.17) is 9.99 Å². The standard InChI is InChI=1S/C22H32N2O/c1-3-24(4-2)14-21-19-13-20(18-12-8-11-17(18)19)22(21)23-25-15-16-9-6-5-7-10-16/h5-7,9-10,17-21H,3-4,8,11-15H2,1-2H3/b23-22+/t17-,18+,19-,20+,21-/m1/s1. The maximum atomic E-state index is 5.85. The number of hydrogen-bond acceptors (Lipinski definition) is 3. The number of hydrogen-bond donors (Lipinski definition) is 0. The van der Waals surface area contributed by atoms with Gasteiger partial charge in [-0.2, -0.15) is 0 Å². The van der Waals surface area contributed by atoms with Crippen molar-refractivity contribution < 1.29 is 4.84 Å². The first-order valence-electron chi connectivity index (χ1n) is 10.3. The fourth-order valence-corrected chi connectivity index (χ4v) is 5.87. The molecule has 3 nitrogen and oxygen atoms in total. The van der Waals surface area contributed by atoms with Crippen LogP contribution in [0.15, 0.2) is 35.5 Å². The van der Waals surface area contributed by atoms with Gasteiger partial charge in [0.2, 0.25) is 0 Å². The molecule has 2 bridgehead atoms. The van der Waals surface area contributed by atoms with Gasteiger partial charge < -0.3 is 9.74 Å². The Bertz CT molecular complexity index is 595. The smallest absolute Gasteiger partial charge is 0.142 e. The first-order valence-corrected chi connectivity index (χ1v) is 10.3. The Labute approximate surface area is 152 Å². The third kappa shape index (κ3) is 3.23. The normalized spacial score (nSPS) is 34.8. The fourth-order valence-electron chi connectivity index (χ4n) is 5.87. The van der Waals surface area contributed by atoms with Crippen molar-refractivity contribution in [2.75, 3.05) is 19.6 Å². The molecule has 3 aliphatic rings. The van der Waals surface area contributed by atoms with Crippen LogP contribution >= 0.6 is 0 Å². The molecule has 0 unspecified atom stereocenters. The van der Waals surface area contributed by atoms with Gasteiger partial charge in [0.25, 0.3) is 0 Å². The summed E-state index contributed by atoms with van der Waals surface area (Å²) in [6.07, 6.45) is 5.67. The Hall–Kier alpha value is -1.35. The molecule has 4 rings (SSSR count). The van der Waals surface area contributed by atoms with Crippen LogP contribution in [0.4, 0.5) is 0 Å². The van der Waals surface area contributed by atoms with E-state index in [1.165, 1.54) is 43.5 Å². The highest BCUT2D eigenvalue weighted by Gasteiger charge is 2.57. The van der Waals surface area contributed by atoms with Gasteiger partial charge in [-0.1, -0.05) is 55.8 Å². The Kier molecular flexibility index (Phi) is 5.12. The van der Waals surface area contributed by atoms with Crippen LogP contribution in [-0.2, 0) is 11.4 Å². The molecular formula is C22H32N2O. The van der Waals surface area contributed by atoms with Crippen molar-refractivity contribution in [1.82, 2.24) is 4.90 Å². The monoisotopic (exact) mass is 340 g/mol. The summed E-state index contributed by atoms with van der Waals surface area (Å²) < 4.78 is 0. The average molecular weight is 341 g/mol. The number of oxime groups is 1. The largest absolute Gasteiger partial charge is 0.391 e. The Morgan fingerprint density at radius 1 is 1.04 bits per heavy atom. The molecule has 136 valence electrons. The summed E-state index contributed by atoms with van der Waals surface area (Å²) in [5.41, 5.74) is 2.60. The Morgan fingerprint density at radius 2 is 1.80 bits per heavy atom. The highest BCUT2D eigenvalue weighted by Crippen LogP contribution is 2.59. The SMILES string of the molecule is CCN(CC)C[C@H]1/C(=N/OCc2ccccc2)[C@H]2C[C@@H]1[C@@H]1CCC[C@@H]12. The number of benzene rings is 1. The summed E-state index contributed by atoms with van der Waals surface area (Å²) in [6.45, 7) is 8.58. The van der Waals surface area contributed by atoms with Crippen LogP contribution in [0.25, 0.3) is 0 Å². The van der Waals surface area contributed by atoms with Gasteiger partial charge in [0.15, 0.2) is 0 Å². The zero-order chi connectivity index (χ0) is 17.2. The summed E-state index contributed by atoms with van der Waals surface area (Å²) in [5.74, 6) is 4.06. The lowest BCUT2D eigenvalue weighted by molar-refractivity contribution is 0.121. The van der Waals surface area contributed by atoms with Crippen molar-refractivity contribution in [3.8, 4) is 0 Å². The number of nitrogens with zero attached hydrogens (tertiary/aromatic N) is 2. The summed E-state index contributed by atoms with van der Waals surface area (Å²) in [6, 6.07) is 10.4. The van der Waals surface area contributed by atoms with Gasteiger partial charge in [0.05, 0.1) is 5.71 Å². The van der Waals surface area contributed by atoms with Crippen LogP contribution in [-0.4, -0.2) is 30.2 Å². The maximum Gasteiger partial charge on any atom is 0.142 e. The lowest BCUT2D eigenvalue weighted by atomic mass is 9.74. The van der Waals surface area contributed by atoms with E-state index in [1.807, 2.05) is 6.07 Å². The van der Waals surface area contributed by atoms with E-state index in [0.717, 1.165) is 30.8 Å². The van der Waals surface area contributed by atoms with Crippen LogP contribution < -0.4 is 0 Å². The molecule has 0 aliphatic heterocycles. The first kappa shape index (κ1) is 17.1. The van der Waals surface area contributed by atoms with Crippen LogP contribution in [0.1, 0.15) is 45.1 Å². The van der Waals surface area contributed by atoms with E-state index in [9.17, 15) is 0 Å². The highest BCUT2D eigenvalue weighted by molar-refractivity contribution is 5.92. The minimum Gasteiger partial charge on any atom is -0.391 e. The van der Waals surface area contributed by atoms with E-state index < -0.39 is 0 Å². The molecule has 0 saturated heterocycles. The molecule has 1 aromatic rings. The Balaban J connectivity index is 1.49. The Morgan fingerprint density at radius 3 is 2.56 bits per heavy atom. The van der Waals surface area contributed by atoms with Gasteiger partial charge in [0, 0.05) is 18.4 Å². The molecule has 3 fully saturated rings. The molecule has 5 atom stereocenters. The summed E-state index contributed by atoms with van der Waals surface area (Å²) in [7, 11) is 0. The zero-order valence-electron chi connectivity index (χ0n) is 15.7. The first-order chi connectivity index (χ1) is 12.3. The van der Waals surface area contributed by atoms with Crippen molar-refractivity contribution in [3.63, 3.8) is 0 Å². The lowest BCUT2D eigenvalue weighted by Crippen LogP contribution is -2.40. The van der Waals surface area contributed by atoms with Gasteiger partial charge >= 0.3 is 0 Å². The predicted octanol–water partition coefficient (Wildman–Crippen LogP) is 4.58. The minimum absolute atomic E-state index is 0.591. The quantitative estimate of drug-likeness (QED) is 0.679. The number of fused-ring (bicyclic) bond motifs is 5. The van der Waals surface area contributed by atoms with E-state index in [1.54, 1.807) is 0 Å². The van der Waals surface area contributed by atoms with Crippen molar-refractivity contribution in [1.29, 1.82) is 0 Å². The van der Waals surface area contributed by atoms with E-state index in [2.05, 4.69) is 43.0 Å². The molecule has 3 aliphatic carbocycles. The van der Waals surface area contributed by atoms with Crippen molar-refractivity contribution >= 4 is 5.71 Å². The van der Waals surface area contributed by atoms with Gasteiger partial charge in [-0.05, 0) is 55.7 Å². The van der Waals surface area contributed by atoms with Crippen LogP contribution in [0.2, 0.25) is 0 Å². The van der Waals surface area contributed by atoms with Gasteiger partial charge in [-0.15, -0.1) is 0 Å². The van der Waals surface area contributed by atoms with E-state index >= 15 is 0 Å². The van der Waals surface area contributed by atoms with Crippen molar-refractivity contribution in [2.45, 2.75) is 46.1 Å². The third-order valence-corrected chi connectivity index (χ3v) is 7.09. The molecule has 0 N–H and O–H groups in total. The minimum atomic E-state index is 0.591. The summed E-state index contributed by atoms with van der Waals surface area (Å²) in [4.78, 5) is 8.42. The van der Waals surface area contributed by atoms with E-state index in [-0.39, 0.29) is 0 Å². The molecule has 0 spiro atoms. The second-order valence-electron chi connectivity index (χ2n) is 8.13. The topological polar surface area (TPSA) is 24.8 Å². The molecule has 0 heterocycles. The molecule has 0 radical (unpaired) electrons. The summed E-state index contributed by atoms with van der Waals surface area (Å²) >= 11 is 0. The second-order valence-corrected chi connectivity index (χ2v) is 8.13. The van der Waals surface area contributed by atoms with E-state index in [0.29, 0.717) is 18.4 Å².